The Morgan fingerprint density at radius 3 is 2.55 bits per heavy atom. The van der Waals surface area contributed by atoms with Crippen LogP contribution in [0.1, 0.15) is 41.9 Å². The molecule has 0 aromatic carbocycles. The zero-order valence-electron chi connectivity index (χ0n) is 17.7. The predicted molar refractivity (Wildman–Crippen MR) is 115 cm³/mol. The highest BCUT2D eigenvalue weighted by Gasteiger charge is 2.30. The summed E-state index contributed by atoms with van der Waals surface area (Å²) in [5.74, 6) is 0.661. The van der Waals surface area contributed by atoms with Crippen LogP contribution in [0.15, 0.2) is 11.1 Å². The van der Waals surface area contributed by atoms with Crippen LogP contribution in [-0.4, -0.2) is 70.2 Å². The summed E-state index contributed by atoms with van der Waals surface area (Å²) in [7, 11) is 1.69. The van der Waals surface area contributed by atoms with Gasteiger partial charge in [0.2, 0.25) is 0 Å². The lowest BCUT2D eigenvalue weighted by molar-refractivity contribution is -0.0728. The number of morpholine rings is 1. The first-order chi connectivity index (χ1) is 13.8. The van der Waals surface area contributed by atoms with Gasteiger partial charge in [-0.2, -0.15) is 0 Å². The quantitative estimate of drug-likeness (QED) is 0.765. The van der Waals surface area contributed by atoms with Crippen molar-refractivity contribution in [3.05, 3.63) is 27.1 Å². The maximum Gasteiger partial charge on any atom is 0.264 e. The number of fused-ring (bicyclic) bond motifs is 1. The Labute approximate surface area is 175 Å². The van der Waals surface area contributed by atoms with Crippen molar-refractivity contribution >= 4 is 27.5 Å². The first kappa shape index (κ1) is 20.5. The Hall–Kier alpha value is -1.77. The van der Waals surface area contributed by atoms with Gasteiger partial charge in [-0.15, -0.1) is 11.3 Å². The van der Waals surface area contributed by atoms with E-state index in [4.69, 9.17) is 4.74 Å². The number of ether oxygens (including phenoxy) is 1. The maximum atomic E-state index is 13.1. The van der Waals surface area contributed by atoms with Crippen LogP contribution in [0.4, 0.5) is 0 Å². The summed E-state index contributed by atoms with van der Waals surface area (Å²) in [4.78, 5) is 35.7. The number of hydrogen-bond acceptors (Lipinski definition) is 6. The zero-order valence-corrected chi connectivity index (χ0v) is 18.5. The molecule has 0 N–H and O–H groups in total. The van der Waals surface area contributed by atoms with Crippen LogP contribution >= 0.6 is 11.3 Å². The number of aromatic nitrogens is 2. The fourth-order valence-corrected chi connectivity index (χ4v) is 5.78. The molecule has 2 saturated heterocycles. The third kappa shape index (κ3) is 4.11. The smallest absolute Gasteiger partial charge is 0.264 e. The van der Waals surface area contributed by atoms with E-state index in [2.05, 4.69) is 23.7 Å². The van der Waals surface area contributed by atoms with E-state index in [0.29, 0.717) is 21.0 Å². The van der Waals surface area contributed by atoms with Crippen molar-refractivity contribution in [1.29, 1.82) is 0 Å². The Morgan fingerprint density at radius 2 is 1.90 bits per heavy atom. The molecule has 0 bridgehead atoms. The van der Waals surface area contributed by atoms with Crippen molar-refractivity contribution in [3.63, 3.8) is 0 Å². The van der Waals surface area contributed by atoms with Gasteiger partial charge in [0.05, 0.1) is 28.8 Å². The first-order valence-corrected chi connectivity index (χ1v) is 11.3. The number of carbonyl (C=O) groups excluding carboxylic acids is 1. The molecule has 7 nitrogen and oxygen atoms in total. The minimum absolute atomic E-state index is 0.0413. The average molecular weight is 419 g/mol. The third-order valence-corrected chi connectivity index (χ3v) is 7.31. The summed E-state index contributed by atoms with van der Waals surface area (Å²) >= 11 is 1.34. The van der Waals surface area contributed by atoms with Crippen LogP contribution in [0.25, 0.3) is 10.2 Å². The van der Waals surface area contributed by atoms with Crippen molar-refractivity contribution in [2.45, 2.75) is 45.8 Å². The summed E-state index contributed by atoms with van der Waals surface area (Å²) in [6.07, 6.45) is 4.15. The second kappa shape index (κ2) is 8.16. The van der Waals surface area contributed by atoms with Gasteiger partial charge in [0, 0.05) is 39.8 Å². The summed E-state index contributed by atoms with van der Waals surface area (Å²) in [5, 5.41) is 0.578. The molecular weight excluding hydrogens is 388 g/mol. The van der Waals surface area contributed by atoms with E-state index < -0.39 is 0 Å². The number of thiophene rings is 1. The summed E-state index contributed by atoms with van der Waals surface area (Å²) in [6, 6.07) is 0. The molecule has 1 amide bonds. The fourth-order valence-electron chi connectivity index (χ4n) is 4.67. The number of amides is 1. The van der Waals surface area contributed by atoms with E-state index in [1.807, 2.05) is 11.8 Å². The molecule has 4 heterocycles. The van der Waals surface area contributed by atoms with Gasteiger partial charge in [0.15, 0.2) is 0 Å². The lowest BCUT2D eigenvalue weighted by atomic mass is 9.95. The topological polar surface area (TPSA) is 67.7 Å². The second-order valence-corrected chi connectivity index (χ2v) is 9.61. The Morgan fingerprint density at radius 1 is 1.24 bits per heavy atom. The van der Waals surface area contributed by atoms with Gasteiger partial charge in [0.25, 0.3) is 11.5 Å². The molecule has 0 aliphatic carbocycles. The van der Waals surface area contributed by atoms with Crippen LogP contribution in [0.5, 0.6) is 0 Å². The lowest BCUT2D eigenvalue weighted by Crippen LogP contribution is -2.48. The van der Waals surface area contributed by atoms with Crippen molar-refractivity contribution in [2.24, 2.45) is 13.0 Å². The number of likely N-dealkylation sites (tertiary alicyclic amines) is 1. The number of piperidine rings is 1. The fraction of sp³-hybridized carbons (Fsp3) is 0.667. The summed E-state index contributed by atoms with van der Waals surface area (Å²) in [6.45, 7) is 10.8. The summed E-state index contributed by atoms with van der Waals surface area (Å²) < 4.78 is 7.30. The van der Waals surface area contributed by atoms with E-state index in [0.717, 1.165) is 51.1 Å². The van der Waals surface area contributed by atoms with Gasteiger partial charge in [-0.05, 0) is 45.1 Å². The standard InChI is InChI=1S/C21H30N4O3S/c1-13-9-24(10-14(2)28-13)11-16-5-7-25(8-6-16)21(27)18-15(3)17-19(29-18)22-12-23(4)20(17)26/h12-14,16H,5-11H2,1-4H3. The largest absolute Gasteiger partial charge is 0.373 e. The van der Waals surface area contributed by atoms with Crippen LogP contribution < -0.4 is 5.56 Å². The van der Waals surface area contributed by atoms with Crippen molar-refractivity contribution in [3.8, 4) is 0 Å². The Balaban J connectivity index is 1.41. The highest BCUT2D eigenvalue weighted by atomic mass is 32.1. The third-order valence-electron chi connectivity index (χ3n) is 6.12. The molecule has 2 aromatic heterocycles. The molecule has 2 aromatic rings. The van der Waals surface area contributed by atoms with Crippen LogP contribution in [0.2, 0.25) is 0 Å². The molecule has 0 radical (unpaired) electrons. The van der Waals surface area contributed by atoms with Gasteiger partial charge in [-0.25, -0.2) is 4.98 Å². The lowest BCUT2D eigenvalue weighted by Gasteiger charge is -2.39. The number of nitrogens with zero attached hydrogens (tertiary/aromatic N) is 4. The van der Waals surface area contributed by atoms with E-state index in [9.17, 15) is 9.59 Å². The van der Waals surface area contributed by atoms with Crippen LogP contribution in [-0.2, 0) is 11.8 Å². The van der Waals surface area contributed by atoms with Gasteiger partial charge in [-0.3, -0.25) is 14.5 Å². The molecule has 2 unspecified atom stereocenters. The summed E-state index contributed by atoms with van der Waals surface area (Å²) in [5.41, 5.74) is 0.678. The van der Waals surface area contributed by atoms with Gasteiger partial charge in [0.1, 0.15) is 4.83 Å². The average Bonchev–Trinajstić information content (AvgIpc) is 3.01. The monoisotopic (exact) mass is 418 g/mol. The molecule has 2 aliphatic heterocycles. The Bertz CT molecular complexity index is 951. The van der Waals surface area contributed by atoms with Crippen LogP contribution in [0, 0.1) is 12.8 Å². The van der Waals surface area contributed by atoms with Crippen molar-refractivity contribution in [1.82, 2.24) is 19.4 Å². The highest BCUT2D eigenvalue weighted by molar-refractivity contribution is 7.20. The van der Waals surface area contributed by atoms with Crippen molar-refractivity contribution in [2.75, 3.05) is 32.7 Å². The molecule has 0 spiro atoms. The van der Waals surface area contributed by atoms with Crippen LogP contribution in [0.3, 0.4) is 0 Å². The molecule has 2 atom stereocenters. The first-order valence-electron chi connectivity index (χ1n) is 10.4. The minimum atomic E-state index is -0.0875. The van der Waals surface area contributed by atoms with E-state index in [1.165, 1.54) is 22.2 Å². The molecule has 2 aliphatic rings. The minimum Gasteiger partial charge on any atom is -0.373 e. The normalized spacial score (nSPS) is 24.3. The SMILES string of the molecule is Cc1c(C(=O)N2CCC(CN3CC(C)OC(C)C3)CC2)sc2ncn(C)c(=O)c12. The van der Waals surface area contributed by atoms with Gasteiger partial charge in [-0.1, -0.05) is 0 Å². The second-order valence-electron chi connectivity index (χ2n) is 8.61. The Kier molecular flexibility index (Phi) is 5.77. The molecule has 29 heavy (non-hydrogen) atoms. The highest BCUT2D eigenvalue weighted by Crippen LogP contribution is 2.29. The van der Waals surface area contributed by atoms with E-state index in [-0.39, 0.29) is 23.7 Å². The molecule has 4 rings (SSSR count). The van der Waals surface area contributed by atoms with Gasteiger partial charge < -0.3 is 14.2 Å². The maximum absolute atomic E-state index is 13.1. The molecule has 158 valence electrons. The number of aryl methyl sites for hydroxylation is 2. The molecule has 0 saturated carbocycles. The zero-order chi connectivity index (χ0) is 20.7. The predicted octanol–water partition coefficient (Wildman–Crippen LogP) is 2.26. The number of carbonyl (C=O) groups is 1. The number of hydrogen-bond donors (Lipinski definition) is 0. The van der Waals surface area contributed by atoms with Crippen molar-refractivity contribution < 1.29 is 9.53 Å². The molecule has 8 heteroatoms. The van der Waals surface area contributed by atoms with E-state index >= 15 is 0 Å². The molecular formula is C21H30N4O3S. The van der Waals surface area contributed by atoms with Gasteiger partial charge >= 0.3 is 0 Å². The van der Waals surface area contributed by atoms with E-state index in [1.54, 1.807) is 7.05 Å². The number of rotatable bonds is 3. The molecule has 2 fully saturated rings.